The first kappa shape index (κ1) is 8.44. The average molecular weight is 172 g/mol. The van der Waals surface area contributed by atoms with Crippen molar-refractivity contribution in [3.63, 3.8) is 0 Å². The molecule has 0 bridgehead atoms. The monoisotopic (exact) mass is 172 g/mol. The summed E-state index contributed by atoms with van der Waals surface area (Å²) in [7, 11) is 1.55. The molecule has 0 saturated carbocycles. The minimum Gasteiger partial charge on any atom is -0.434 e. The molecule has 0 unspecified atom stereocenters. The summed E-state index contributed by atoms with van der Waals surface area (Å²) in [5.41, 5.74) is 0. The fourth-order valence-corrected chi connectivity index (χ4v) is 0.530. The molecular formula is C5H8N4O3. The molecule has 0 fully saturated rings. The molecule has 0 aliphatic carbocycles. The van der Waals surface area contributed by atoms with Crippen molar-refractivity contribution in [3.05, 3.63) is 0 Å². The molecule has 0 radical (unpaired) electrons. The molecule has 1 aromatic rings. The largest absolute Gasteiger partial charge is 0.516 e. The predicted octanol–water partition coefficient (Wildman–Crippen LogP) is -0.255. The van der Waals surface area contributed by atoms with Gasteiger partial charge in [-0.3, -0.25) is 0 Å². The van der Waals surface area contributed by atoms with Crippen LogP contribution in [0.25, 0.3) is 0 Å². The van der Waals surface area contributed by atoms with Gasteiger partial charge in [-0.1, -0.05) is 5.10 Å². The second-order valence-electron chi connectivity index (χ2n) is 1.87. The third-order valence-electron chi connectivity index (χ3n) is 1.02. The van der Waals surface area contributed by atoms with Crippen LogP contribution in [0.3, 0.4) is 0 Å². The zero-order chi connectivity index (χ0) is 8.97. The van der Waals surface area contributed by atoms with Gasteiger partial charge in [0.25, 0.3) is 0 Å². The second kappa shape index (κ2) is 3.65. The van der Waals surface area contributed by atoms with E-state index in [0.29, 0.717) is 0 Å². The van der Waals surface area contributed by atoms with Gasteiger partial charge in [0.15, 0.2) is 0 Å². The van der Waals surface area contributed by atoms with Crippen LogP contribution < -0.4 is 4.74 Å². The van der Waals surface area contributed by atoms with Gasteiger partial charge in [0, 0.05) is 7.05 Å². The number of hydrogen-bond donors (Lipinski definition) is 0. The summed E-state index contributed by atoms with van der Waals surface area (Å²) < 4.78 is 10.3. The van der Waals surface area contributed by atoms with E-state index in [4.69, 9.17) is 0 Å². The topological polar surface area (TPSA) is 79.1 Å². The van der Waals surface area contributed by atoms with Crippen molar-refractivity contribution >= 4 is 6.16 Å². The van der Waals surface area contributed by atoms with E-state index < -0.39 is 6.16 Å². The van der Waals surface area contributed by atoms with E-state index in [-0.39, 0.29) is 12.6 Å². The Morgan fingerprint density at radius 3 is 2.92 bits per heavy atom. The first-order valence-electron chi connectivity index (χ1n) is 3.31. The number of aryl methyl sites for hydroxylation is 1. The van der Waals surface area contributed by atoms with Gasteiger partial charge in [-0.25, -0.2) is 4.79 Å². The first-order chi connectivity index (χ1) is 5.74. The van der Waals surface area contributed by atoms with Gasteiger partial charge in [-0.2, -0.15) is 4.68 Å². The molecule has 1 heterocycles. The van der Waals surface area contributed by atoms with Crippen LogP contribution in [-0.2, 0) is 11.8 Å². The zero-order valence-electron chi connectivity index (χ0n) is 6.72. The Labute approximate surface area is 68.3 Å². The molecule has 12 heavy (non-hydrogen) atoms. The fraction of sp³-hybridized carbons (Fsp3) is 0.600. The molecule has 7 heteroatoms. The van der Waals surface area contributed by atoms with Crippen molar-refractivity contribution in [3.8, 4) is 6.01 Å². The smallest absolute Gasteiger partial charge is 0.434 e. The highest BCUT2D eigenvalue weighted by Crippen LogP contribution is 2.00. The van der Waals surface area contributed by atoms with Gasteiger partial charge in [-0.05, 0) is 17.4 Å². The Balaban J connectivity index is 2.52. The standard InChI is InChI=1S/C5H8N4O3/c1-3-11-5(10)12-4-6-7-8-9(4)2/h3H2,1-2H3. The van der Waals surface area contributed by atoms with Crippen LogP contribution in [0.15, 0.2) is 0 Å². The van der Waals surface area contributed by atoms with Crippen LogP contribution in [0.1, 0.15) is 6.92 Å². The summed E-state index contributed by atoms with van der Waals surface area (Å²) in [6.07, 6.45) is -0.810. The van der Waals surface area contributed by atoms with E-state index in [0.717, 1.165) is 0 Å². The van der Waals surface area contributed by atoms with Crippen LogP contribution in [-0.4, -0.2) is 33.0 Å². The summed E-state index contributed by atoms with van der Waals surface area (Å²) >= 11 is 0. The van der Waals surface area contributed by atoms with Crippen molar-refractivity contribution in [2.24, 2.45) is 7.05 Å². The zero-order valence-corrected chi connectivity index (χ0v) is 6.72. The molecule has 66 valence electrons. The highest BCUT2D eigenvalue weighted by Gasteiger charge is 2.09. The number of aromatic nitrogens is 4. The van der Waals surface area contributed by atoms with Gasteiger partial charge in [-0.15, -0.1) is 0 Å². The SMILES string of the molecule is CCOC(=O)Oc1nnnn1C. The molecule has 1 aromatic heterocycles. The lowest BCUT2D eigenvalue weighted by atomic mass is 10.9. The van der Waals surface area contributed by atoms with Gasteiger partial charge in [0.05, 0.1) is 6.61 Å². The second-order valence-corrected chi connectivity index (χ2v) is 1.87. The van der Waals surface area contributed by atoms with Crippen LogP contribution in [0.2, 0.25) is 0 Å². The third kappa shape index (κ3) is 1.91. The number of carbonyl (C=O) groups excluding carboxylic acids is 1. The number of hydrogen-bond acceptors (Lipinski definition) is 6. The summed E-state index contributed by atoms with van der Waals surface area (Å²) in [5, 5.41) is 10.1. The Morgan fingerprint density at radius 2 is 2.42 bits per heavy atom. The molecule has 0 saturated heterocycles. The fourth-order valence-electron chi connectivity index (χ4n) is 0.530. The molecule has 1 rings (SSSR count). The Kier molecular flexibility index (Phi) is 2.57. The van der Waals surface area contributed by atoms with E-state index in [1.807, 2.05) is 0 Å². The number of ether oxygens (including phenoxy) is 2. The number of rotatable bonds is 2. The van der Waals surface area contributed by atoms with E-state index in [2.05, 4.69) is 25.0 Å². The predicted molar refractivity (Wildman–Crippen MR) is 36.4 cm³/mol. The summed E-state index contributed by atoms with van der Waals surface area (Å²) in [5.74, 6) is 0. The van der Waals surface area contributed by atoms with Crippen molar-refractivity contribution < 1.29 is 14.3 Å². The maximum absolute atomic E-state index is 10.7. The molecular weight excluding hydrogens is 164 g/mol. The third-order valence-corrected chi connectivity index (χ3v) is 1.02. The molecule has 0 amide bonds. The van der Waals surface area contributed by atoms with Crippen LogP contribution in [0.5, 0.6) is 6.01 Å². The first-order valence-corrected chi connectivity index (χ1v) is 3.31. The minimum atomic E-state index is -0.810. The molecule has 7 nitrogen and oxygen atoms in total. The van der Waals surface area contributed by atoms with Crippen molar-refractivity contribution in [1.82, 2.24) is 20.2 Å². The van der Waals surface area contributed by atoms with E-state index in [9.17, 15) is 4.79 Å². The Bertz CT molecular complexity index is 271. The lowest BCUT2D eigenvalue weighted by Gasteiger charge is -1.99. The maximum atomic E-state index is 10.7. The molecule has 0 spiro atoms. The van der Waals surface area contributed by atoms with Gasteiger partial charge in [0.2, 0.25) is 0 Å². The lowest BCUT2D eigenvalue weighted by Crippen LogP contribution is -2.12. The Hall–Kier alpha value is -1.66. The van der Waals surface area contributed by atoms with Crippen LogP contribution >= 0.6 is 0 Å². The van der Waals surface area contributed by atoms with Gasteiger partial charge in [0.1, 0.15) is 0 Å². The van der Waals surface area contributed by atoms with Crippen LogP contribution in [0.4, 0.5) is 4.79 Å². The number of carbonyl (C=O) groups is 1. The summed E-state index contributed by atoms with van der Waals surface area (Å²) in [6, 6.07) is 0.00782. The highest BCUT2D eigenvalue weighted by atomic mass is 16.7. The Morgan fingerprint density at radius 1 is 1.67 bits per heavy atom. The number of tetrazole rings is 1. The van der Waals surface area contributed by atoms with E-state index >= 15 is 0 Å². The maximum Gasteiger partial charge on any atom is 0.516 e. The van der Waals surface area contributed by atoms with Crippen molar-refractivity contribution in [2.45, 2.75) is 6.92 Å². The summed E-state index contributed by atoms with van der Waals surface area (Å²) in [6.45, 7) is 1.93. The normalized spacial score (nSPS) is 9.50. The number of nitrogens with zero attached hydrogens (tertiary/aromatic N) is 4. The molecule has 0 atom stereocenters. The quantitative estimate of drug-likeness (QED) is 0.572. The average Bonchev–Trinajstić information content (AvgIpc) is 2.37. The van der Waals surface area contributed by atoms with Crippen molar-refractivity contribution in [1.29, 1.82) is 0 Å². The molecule has 0 aliphatic heterocycles. The van der Waals surface area contributed by atoms with Crippen molar-refractivity contribution in [2.75, 3.05) is 6.61 Å². The molecule has 0 N–H and O–H groups in total. The highest BCUT2D eigenvalue weighted by molar-refractivity contribution is 5.62. The molecule has 0 aromatic carbocycles. The summed E-state index contributed by atoms with van der Waals surface area (Å²) in [4.78, 5) is 10.7. The van der Waals surface area contributed by atoms with Gasteiger partial charge >= 0.3 is 12.2 Å². The minimum absolute atomic E-state index is 0.00782. The van der Waals surface area contributed by atoms with Crippen LogP contribution in [0, 0.1) is 0 Å². The van der Waals surface area contributed by atoms with E-state index in [1.54, 1.807) is 14.0 Å². The van der Waals surface area contributed by atoms with E-state index in [1.165, 1.54) is 4.68 Å². The molecule has 0 aliphatic rings. The lowest BCUT2D eigenvalue weighted by molar-refractivity contribution is 0.0990. The van der Waals surface area contributed by atoms with Gasteiger partial charge < -0.3 is 9.47 Å².